The van der Waals surface area contributed by atoms with Crippen molar-refractivity contribution in [2.45, 2.75) is 6.42 Å². The molecule has 0 amide bonds. The number of nitrogens with zero attached hydrogens (tertiary/aromatic N) is 3. The Bertz CT molecular complexity index is 427. The molecular formula is C8H17N5O2S. The summed E-state index contributed by atoms with van der Waals surface area (Å²) >= 11 is 0. The van der Waals surface area contributed by atoms with E-state index >= 15 is 0 Å². The number of nitrogens with two attached hydrogens (primary N) is 1. The Morgan fingerprint density at radius 1 is 1.62 bits per heavy atom. The molecule has 0 saturated carbocycles. The molecule has 1 heterocycles. The van der Waals surface area contributed by atoms with Gasteiger partial charge in [-0.3, -0.25) is 9.40 Å². The molecule has 0 fully saturated rings. The molecule has 1 aromatic rings. The van der Waals surface area contributed by atoms with Crippen LogP contribution in [0.4, 0.5) is 5.69 Å². The van der Waals surface area contributed by atoms with Crippen molar-refractivity contribution in [3.63, 3.8) is 0 Å². The van der Waals surface area contributed by atoms with Crippen LogP contribution < -0.4 is 10.5 Å². The van der Waals surface area contributed by atoms with Crippen molar-refractivity contribution in [3.8, 4) is 0 Å². The van der Waals surface area contributed by atoms with Crippen molar-refractivity contribution in [1.29, 1.82) is 0 Å². The molecule has 8 heteroatoms. The number of rotatable bonds is 6. The summed E-state index contributed by atoms with van der Waals surface area (Å²) in [4.78, 5) is 0. The Kier molecular flexibility index (Phi) is 4.27. The third-order valence-electron chi connectivity index (χ3n) is 2.04. The average Bonchev–Trinajstić information content (AvgIpc) is 2.59. The summed E-state index contributed by atoms with van der Waals surface area (Å²) in [6.07, 6.45) is 3.67. The minimum Gasteiger partial charge on any atom is -0.330 e. The van der Waals surface area contributed by atoms with E-state index in [2.05, 4.69) is 9.82 Å². The number of nitrogens with one attached hydrogen (secondary N) is 1. The Morgan fingerprint density at radius 3 is 2.81 bits per heavy atom. The number of aryl methyl sites for hydroxylation is 1. The minimum absolute atomic E-state index is 0.395. The lowest BCUT2D eigenvalue weighted by Crippen LogP contribution is -2.33. The van der Waals surface area contributed by atoms with Crippen LogP contribution in [0.25, 0.3) is 0 Å². The fraction of sp³-hybridized carbons (Fsp3) is 0.625. The first-order valence-corrected chi connectivity index (χ1v) is 6.32. The third kappa shape index (κ3) is 3.47. The molecule has 0 aliphatic rings. The smallest absolute Gasteiger partial charge is 0.301 e. The van der Waals surface area contributed by atoms with Crippen molar-refractivity contribution in [3.05, 3.63) is 12.4 Å². The van der Waals surface area contributed by atoms with E-state index in [0.717, 1.165) is 0 Å². The number of aromatic nitrogens is 2. The van der Waals surface area contributed by atoms with Gasteiger partial charge in [-0.15, -0.1) is 0 Å². The zero-order chi connectivity index (χ0) is 12.2. The Balaban J connectivity index is 2.64. The minimum atomic E-state index is -3.50. The number of hydrogen-bond donors (Lipinski definition) is 2. The molecule has 0 saturated heterocycles. The zero-order valence-corrected chi connectivity index (χ0v) is 10.2. The summed E-state index contributed by atoms with van der Waals surface area (Å²) < 4.78 is 28.7. The second-order valence-electron chi connectivity index (χ2n) is 3.47. The van der Waals surface area contributed by atoms with E-state index in [9.17, 15) is 8.42 Å². The molecular weight excluding hydrogens is 230 g/mol. The molecule has 0 spiro atoms. The standard InChI is InChI=1S/C8H17N5O2S/c1-12-7-8(6-10-12)11-16(14,15)13(2)5-3-4-9/h6-7,11H,3-5,9H2,1-2H3. The highest BCUT2D eigenvalue weighted by Gasteiger charge is 2.17. The molecule has 92 valence electrons. The molecule has 0 atom stereocenters. The molecule has 7 nitrogen and oxygen atoms in total. The van der Waals surface area contributed by atoms with E-state index in [1.165, 1.54) is 22.2 Å². The van der Waals surface area contributed by atoms with E-state index in [1.54, 1.807) is 13.2 Å². The van der Waals surface area contributed by atoms with Crippen LogP contribution in [0.2, 0.25) is 0 Å². The largest absolute Gasteiger partial charge is 0.330 e. The van der Waals surface area contributed by atoms with Crippen LogP contribution in [0.15, 0.2) is 12.4 Å². The van der Waals surface area contributed by atoms with E-state index in [0.29, 0.717) is 25.2 Å². The predicted molar refractivity (Wildman–Crippen MR) is 62.1 cm³/mol. The van der Waals surface area contributed by atoms with E-state index in [4.69, 9.17) is 5.73 Å². The fourth-order valence-corrected chi connectivity index (χ4v) is 2.06. The van der Waals surface area contributed by atoms with Gasteiger partial charge in [0, 0.05) is 26.8 Å². The van der Waals surface area contributed by atoms with Crippen molar-refractivity contribution in [1.82, 2.24) is 14.1 Å². The average molecular weight is 247 g/mol. The van der Waals surface area contributed by atoms with Gasteiger partial charge >= 0.3 is 10.2 Å². The first-order chi connectivity index (χ1) is 7.45. The summed E-state index contributed by atoms with van der Waals surface area (Å²) in [5, 5.41) is 3.87. The van der Waals surface area contributed by atoms with Gasteiger partial charge in [-0.25, -0.2) is 0 Å². The van der Waals surface area contributed by atoms with Gasteiger partial charge in [0.15, 0.2) is 0 Å². The summed E-state index contributed by atoms with van der Waals surface area (Å²) in [5.74, 6) is 0. The van der Waals surface area contributed by atoms with Crippen LogP contribution in [0, 0.1) is 0 Å². The van der Waals surface area contributed by atoms with E-state index < -0.39 is 10.2 Å². The predicted octanol–water partition coefficient (Wildman–Crippen LogP) is -0.643. The summed E-state index contributed by atoms with van der Waals surface area (Å²) in [6, 6.07) is 0. The highest BCUT2D eigenvalue weighted by Crippen LogP contribution is 2.08. The fourth-order valence-electron chi connectivity index (χ4n) is 1.13. The molecule has 1 aromatic heterocycles. The van der Waals surface area contributed by atoms with Crippen LogP contribution in [-0.2, 0) is 17.3 Å². The van der Waals surface area contributed by atoms with Gasteiger partial charge in [0.05, 0.1) is 11.9 Å². The van der Waals surface area contributed by atoms with Crippen LogP contribution in [-0.4, -0.2) is 42.6 Å². The Morgan fingerprint density at radius 2 is 2.31 bits per heavy atom. The topological polar surface area (TPSA) is 93.2 Å². The summed E-state index contributed by atoms with van der Waals surface area (Å²) in [5.41, 5.74) is 5.77. The molecule has 0 aliphatic carbocycles. The van der Waals surface area contributed by atoms with Crippen molar-refractivity contribution in [2.24, 2.45) is 12.8 Å². The monoisotopic (exact) mass is 247 g/mol. The summed E-state index contributed by atoms with van der Waals surface area (Å²) in [7, 11) is -0.271. The molecule has 3 N–H and O–H groups in total. The van der Waals surface area contributed by atoms with Crippen molar-refractivity contribution in [2.75, 3.05) is 24.9 Å². The van der Waals surface area contributed by atoms with Gasteiger partial charge < -0.3 is 5.73 Å². The third-order valence-corrected chi connectivity index (χ3v) is 3.54. The van der Waals surface area contributed by atoms with Crippen molar-refractivity contribution >= 4 is 15.9 Å². The molecule has 0 unspecified atom stereocenters. The maximum absolute atomic E-state index is 11.8. The maximum Gasteiger partial charge on any atom is 0.301 e. The highest BCUT2D eigenvalue weighted by atomic mass is 32.2. The first-order valence-electron chi connectivity index (χ1n) is 4.88. The normalized spacial score (nSPS) is 12.0. The second-order valence-corrected chi connectivity index (χ2v) is 5.25. The van der Waals surface area contributed by atoms with Crippen LogP contribution in [0.1, 0.15) is 6.42 Å². The molecule has 0 aliphatic heterocycles. The first kappa shape index (κ1) is 12.9. The quantitative estimate of drug-likeness (QED) is 0.699. The molecule has 0 aromatic carbocycles. The zero-order valence-electron chi connectivity index (χ0n) is 9.42. The number of hydrogen-bond acceptors (Lipinski definition) is 4. The molecule has 1 rings (SSSR count). The maximum atomic E-state index is 11.8. The molecule has 0 bridgehead atoms. The van der Waals surface area contributed by atoms with Gasteiger partial charge in [0.2, 0.25) is 0 Å². The Hall–Kier alpha value is -1.12. The lowest BCUT2D eigenvalue weighted by molar-refractivity contribution is 0.468. The van der Waals surface area contributed by atoms with Crippen LogP contribution in [0.3, 0.4) is 0 Å². The Labute approximate surface area is 95.4 Å². The molecule has 16 heavy (non-hydrogen) atoms. The second kappa shape index (κ2) is 5.28. The molecule has 0 radical (unpaired) electrons. The van der Waals surface area contributed by atoms with E-state index in [1.807, 2.05) is 0 Å². The van der Waals surface area contributed by atoms with Crippen molar-refractivity contribution < 1.29 is 8.42 Å². The lowest BCUT2D eigenvalue weighted by atomic mass is 10.4. The van der Waals surface area contributed by atoms with Gasteiger partial charge in [0.1, 0.15) is 0 Å². The highest BCUT2D eigenvalue weighted by molar-refractivity contribution is 7.90. The van der Waals surface area contributed by atoms with Gasteiger partial charge in [-0.2, -0.15) is 17.8 Å². The van der Waals surface area contributed by atoms with Gasteiger partial charge in [-0.05, 0) is 13.0 Å². The summed E-state index contributed by atoms with van der Waals surface area (Å²) in [6.45, 7) is 0.860. The van der Waals surface area contributed by atoms with Gasteiger partial charge in [-0.1, -0.05) is 0 Å². The van der Waals surface area contributed by atoms with Crippen LogP contribution >= 0.6 is 0 Å². The SMILES string of the molecule is CN(CCCN)S(=O)(=O)Nc1cnn(C)c1. The lowest BCUT2D eigenvalue weighted by Gasteiger charge is -2.16. The number of anilines is 1. The van der Waals surface area contributed by atoms with E-state index in [-0.39, 0.29) is 0 Å². The van der Waals surface area contributed by atoms with Gasteiger partial charge in [0.25, 0.3) is 0 Å². The van der Waals surface area contributed by atoms with Crippen LogP contribution in [0.5, 0.6) is 0 Å².